The molecule has 0 radical (unpaired) electrons. The van der Waals surface area contributed by atoms with Crippen LogP contribution >= 0.6 is 0 Å². The molecular formula is C14H13N5. The molecule has 1 aliphatic rings. The van der Waals surface area contributed by atoms with E-state index in [4.69, 9.17) is 5.26 Å². The third kappa shape index (κ3) is 2.54. The summed E-state index contributed by atoms with van der Waals surface area (Å²) in [5.41, 5.74) is 3.69. The first kappa shape index (κ1) is 11.6. The van der Waals surface area contributed by atoms with Gasteiger partial charge in [0.2, 0.25) is 5.95 Å². The van der Waals surface area contributed by atoms with Crippen molar-refractivity contribution in [1.82, 2.24) is 15.3 Å². The Bertz CT molecular complexity index is 645. The highest BCUT2D eigenvalue weighted by molar-refractivity contribution is 5.56. The molecule has 2 N–H and O–H groups in total. The van der Waals surface area contributed by atoms with Gasteiger partial charge in [0.25, 0.3) is 0 Å². The number of aromatic nitrogens is 2. The third-order valence-corrected chi connectivity index (χ3v) is 3.06. The van der Waals surface area contributed by atoms with Crippen molar-refractivity contribution < 1.29 is 0 Å². The van der Waals surface area contributed by atoms with Crippen molar-refractivity contribution in [1.29, 1.82) is 5.26 Å². The van der Waals surface area contributed by atoms with Crippen LogP contribution in [0.4, 0.5) is 11.6 Å². The van der Waals surface area contributed by atoms with E-state index in [9.17, 15) is 0 Å². The van der Waals surface area contributed by atoms with E-state index in [1.165, 1.54) is 0 Å². The zero-order valence-electron chi connectivity index (χ0n) is 10.3. The van der Waals surface area contributed by atoms with Gasteiger partial charge in [-0.1, -0.05) is 6.07 Å². The molecule has 1 aliphatic heterocycles. The number of fused-ring (bicyclic) bond motifs is 1. The lowest BCUT2D eigenvalue weighted by Gasteiger charge is -2.16. The molecule has 0 unspecified atom stereocenters. The minimum absolute atomic E-state index is 0.579. The first-order chi connectivity index (χ1) is 9.35. The monoisotopic (exact) mass is 251 g/mol. The van der Waals surface area contributed by atoms with Gasteiger partial charge < -0.3 is 10.6 Å². The fraction of sp³-hybridized carbons (Fsp3) is 0.214. The second kappa shape index (κ2) is 5.04. The largest absolute Gasteiger partial charge is 0.324 e. The Morgan fingerprint density at radius 1 is 1.37 bits per heavy atom. The molecule has 94 valence electrons. The Morgan fingerprint density at radius 3 is 3.21 bits per heavy atom. The molecule has 0 saturated carbocycles. The Labute approximate surface area is 111 Å². The molecule has 0 atom stereocenters. The van der Waals surface area contributed by atoms with Crippen LogP contribution < -0.4 is 10.6 Å². The summed E-state index contributed by atoms with van der Waals surface area (Å²) in [5.74, 6) is 0.579. The van der Waals surface area contributed by atoms with Gasteiger partial charge in [0.15, 0.2) is 0 Å². The first-order valence-electron chi connectivity index (χ1n) is 6.18. The summed E-state index contributed by atoms with van der Waals surface area (Å²) in [5, 5.41) is 15.3. The molecule has 19 heavy (non-hydrogen) atoms. The number of benzene rings is 1. The van der Waals surface area contributed by atoms with Gasteiger partial charge in [0, 0.05) is 37.0 Å². The lowest BCUT2D eigenvalue weighted by atomic mass is 10.1. The summed E-state index contributed by atoms with van der Waals surface area (Å²) in [6.07, 6.45) is 2.77. The maximum atomic E-state index is 8.87. The summed E-state index contributed by atoms with van der Waals surface area (Å²) in [6.45, 7) is 1.78. The molecular weight excluding hydrogens is 238 g/mol. The average molecular weight is 251 g/mol. The van der Waals surface area contributed by atoms with Crippen molar-refractivity contribution in [2.75, 3.05) is 11.9 Å². The Morgan fingerprint density at radius 2 is 2.32 bits per heavy atom. The van der Waals surface area contributed by atoms with E-state index in [2.05, 4.69) is 26.7 Å². The second-order valence-electron chi connectivity index (χ2n) is 4.41. The topological polar surface area (TPSA) is 73.6 Å². The number of hydrogen-bond donors (Lipinski definition) is 2. The van der Waals surface area contributed by atoms with Crippen molar-refractivity contribution >= 4 is 11.6 Å². The van der Waals surface area contributed by atoms with Crippen LogP contribution in [-0.4, -0.2) is 16.5 Å². The Balaban J connectivity index is 1.85. The van der Waals surface area contributed by atoms with Crippen LogP contribution in [0.2, 0.25) is 0 Å². The highest BCUT2D eigenvalue weighted by atomic mass is 15.1. The number of nitriles is 1. The van der Waals surface area contributed by atoms with E-state index >= 15 is 0 Å². The molecule has 0 bridgehead atoms. The van der Waals surface area contributed by atoms with Crippen LogP contribution in [0.15, 0.2) is 30.5 Å². The van der Waals surface area contributed by atoms with Crippen LogP contribution in [0.3, 0.4) is 0 Å². The fourth-order valence-electron chi connectivity index (χ4n) is 2.09. The van der Waals surface area contributed by atoms with Gasteiger partial charge in [-0.3, -0.25) is 0 Å². The van der Waals surface area contributed by atoms with Crippen LogP contribution in [0, 0.1) is 11.3 Å². The average Bonchev–Trinajstić information content (AvgIpc) is 2.47. The lowest BCUT2D eigenvalue weighted by Crippen LogP contribution is -2.25. The number of anilines is 2. The van der Waals surface area contributed by atoms with Crippen LogP contribution in [-0.2, 0) is 13.0 Å². The molecule has 0 saturated heterocycles. The molecule has 2 aromatic rings. The maximum Gasteiger partial charge on any atom is 0.227 e. The summed E-state index contributed by atoms with van der Waals surface area (Å²) in [4.78, 5) is 8.82. The van der Waals surface area contributed by atoms with E-state index in [0.717, 1.165) is 36.5 Å². The Hall–Kier alpha value is -2.45. The molecule has 0 spiro atoms. The molecule has 0 fully saturated rings. The van der Waals surface area contributed by atoms with Gasteiger partial charge >= 0.3 is 0 Å². The zero-order valence-corrected chi connectivity index (χ0v) is 10.3. The van der Waals surface area contributed by atoms with Crippen LogP contribution in [0.5, 0.6) is 0 Å². The smallest absolute Gasteiger partial charge is 0.227 e. The minimum Gasteiger partial charge on any atom is -0.324 e. The predicted molar refractivity (Wildman–Crippen MR) is 71.9 cm³/mol. The number of nitrogens with zero attached hydrogens (tertiary/aromatic N) is 3. The van der Waals surface area contributed by atoms with Gasteiger partial charge in [-0.25, -0.2) is 9.97 Å². The summed E-state index contributed by atoms with van der Waals surface area (Å²) in [6, 6.07) is 9.40. The molecule has 0 aliphatic carbocycles. The summed E-state index contributed by atoms with van der Waals surface area (Å²) in [7, 11) is 0. The van der Waals surface area contributed by atoms with Gasteiger partial charge in [-0.05, 0) is 18.2 Å². The first-order valence-corrected chi connectivity index (χ1v) is 6.18. The summed E-state index contributed by atoms with van der Waals surface area (Å²) >= 11 is 0. The standard InChI is InChI=1S/C14H13N5/c15-7-10-2-1-3-12(6-10)18-14-17-9-11-8-16-5-4-13(11)19-14/h1-3,6,9,16H,4-5,8H2,(H,17,18,19). The van der Waals surface area contributed by atoms with Gasteiger partial charge in [-0.15, -0.1) is 0 Å². The van der Waals surface area contributed by atoms with E-state index in [0.29, 0.717) is 11.5 Å². The van der Waals surface area contributed by atoms with E-state index < -0.39 is 0 Å². The van der Waals surface area contributed by atoms with E-state index in [-0.39, 0.29) is 0 Å². The number of hydrogen-bond acceptors (Lipinski definition) is 5. The van der Waals surface area contributed by atoms with Crippen molar-refractivity contribution in [3.05, 3.63) is 47.3 Å². The van der Waals surface area contributed by atoms with Gasteiger partial charge in [0.05, 0.1) is 17.3 Å². The lowest BCUT2D eigenvalue weighted by molar-refractivity contribution is 0.627. The molecule has 2 heterocycles. The number of rotatable bonds is 2. The Kier molecular flexibility index (Phi) is 3.09. The quantitative estimate of drug-likeness (QED) is 0.850. The minimum atomic E-state index is 0.579. The SMILES string of the molecule is N#Cc1cccc(Nc2ncc3c(n2)CCNC3)c1. The van der Waals surface area contributed by atoms with Crippen LogP contribution in [0.25, 0.3) is 0 Å². The van der Waals surface area contributed by atoms with Crippen molar-refractivity contribution in [3.8, 4) is 6.07 Å². The van der Waals surface area contributed by atoms with Gasteiger partial charge in [0.1, 0.15) is 0 Å². The molecule has 1 aromatic heterocycles. The predicted octanol–water partition coefficient (Wildman–Crippen LogP) is 1.74. The normalized spacial score (nSPS) is 13.4. The molecule has 1 aromatic carbocycles. The second-order valence-corrected chi connectivity index (χ2v) is 4.41. The maximum absolute atomic E-state index is 8.87. The van der Waals surface area contributed by atoms with E-state index in [1.54, 1.807) is 12.1 Å². The fourth-order valence-corrected chi connectivity index (χ4v) is 2.09. The van der Waals surface area contributed by atoms with E-state index in [1.807, 2.05) is 18.3 Å². The third-order valence-electron chi connectivity index (χ3n) is 3.06. The summed E-state index contributed by atoms with van der Waals surface area (Å²) < 4.78 is 0. The molecule has 0 amide bonds. The zero-order chi connectivity index (χ0) is 13.1. The molecule has 5 nitrogen and oxygen atoms in total. The molecule has 3 rings (SSSR count). The van der Waals surface area contributed by atoms with Crippen molar-refractivity contribution in [3.63, 3.8) is 0 Å². The number of nitrogens with one attached hydrogen (secondary N) is 2. The highest BCUT2D eigenvalue weighted by Gasteiger charge is 2.11. The van der Waals surface area contributed by atoms with Crippen molar-refractivity contribution in [2.24, 2.45) is 0 Å². The van der Waals surface area contributed by atoms with Crippen LogP contribution in [0.1, 0.15) is 16.8 Å². The highest BCUT2D eigenvalue weighted by Crippen LogP contribution is 2.17. The molecule has 5 heteroatoms. The van der Waals surface area contributed by atoms with Gasteiger partial charge in [-0.2, -0.15) is 5.26 Å². The van der Waals surface area contributed by atoms with Crippen molar-refractivity contribution in [2.45, 2.75) is 13.0 Å².